The van der Waals surface area contributed by atoms with Crippen molar-refractivity contribution in [2.75, 3.05) is 19.7 Å². The first-order chi connectivity index (χ1) is 9.27. The van der Waals surface area contributed by atoms with Crippen molar-refractivity contribution in [3.8, 4) is 0 Å². The van der Waals surface area contributed by atoms with Crippen LogP contribution in [0.3, 0.4) is 0 Å². The van der Waals surface area contributed by atoms with Crippen LogP contribution in [0.15, 0.2) is 0 Å². The zero-order valence-corrected chi connectivity index (χ0v) is 13.8. The topological polar surface area (TPSA) is 58.6 Å². The van der Waals surface area contributed by atoms with Gasteiger partial charge in [-0.15, -0.1) is 0 Å². The smallest absolute Gasteiger partial charge is 0.320 e. The van der Waals surface area contributed by atoms with E-state index < -0.39 is 0 Å². The minimum Gasteiger partial charge on any atom is -0.465 e. The van der Waals surface area contributed by atoms with Crippen LogP contribution in [0, 0.1) is 0 Å². The lowest BCUT2D eigenvalue weighted by Gasteiger charge is -2.31. The lowest BCUT2D eigenvalue weighted by atomic mass is 10.0. The van der Waals surface area contributed by atoms with Gasteiger partial charge in [0.25, 0.3) is 0 Å². The number of hydrogen-bond donors (Lipinski definition) is 1. The summed E-state index contributed by atoms with van der Waals surface area (Å²) in [6.07, 6.45) is 1.74. The number of ether oxygens (including phenoxy) is 1. The van der Waals surface area contributed by atoms with Crippen molar-refractivity contribution in [1.29, 1.82) is 0 Å². The Morgan fingerprint density at radius 3 is 2.30 bits per heavy atom. The molecule has 0 radical (unpaired) electrons. The molecule has 0 saturated carbocycles. The van der Waals surface area contributed by atoms with E-state index in [0.29, 0.717) is 13.2 Å². The van der Waals surface area contributed by atoms with E-state index >= 15 is 0 Å². The van der Waals surface area contributed by atoms with Gasteiger partial charge in [-0.1, -0.05) is 13.8 Å². The van der Waals surface area contributed by atoms with Crippen molar-refractivity contribution in [1.82, 2.24) is 10.2 Å². The molecule has 1 amide bonds. The van der Waals surface area contributed by atoms with Gasteiger partial charge in [0.15, 0.2) is 0 Å². The number of nitrogens with one attached hydrogen (secondary N) is 1. The van der Waals surface area contributed by atoms with E-state index in [9.17, 15) is 9.59 Å². The molecule has 20 heavy (non-hydrogen) atoms. The zero-order chi connectivity index (χ0) is 15.8. The quantitative estimate of drug-likeness (QED) is 0.658. The molecule has 0 saturated heterocycles. The predicted molar refractivity (Wildman–Crippen MR) is 80.5 cm³/mol. The monoisotopic (exact) mass is 286 g/mol. The van der Waals surface area contributed by atoms with Crippen LogP contribution >= 0.6 is 0 Å². The fourth-order valence-electron chi connectivity index (χ4n) is 1.76. The van der Waals surface area contributed by atoms with Gasteiger partial charge in [0, 0.05) is 5.54 Å². The molecule has 5 heteroatoms. The summed E-state index contributed by atoms with van der Waals surface area (Å²) in [5.41, 5.74) is -0.229. The molecule has 0 aromatic rings. The van der Waals surface area contributed by atoms with Crippen LogP contribution in [-0.4, -0.2) is 48.1 Å². The largest absolute Gasteiger partial charge is 0.465 e. The highest BCUT2D eigenvalue weighted by Crippen LogP contribution is 2.09. The molecule has 1 unspecified atom stereocenters. The van der Waals surface area contributed by atoms with Gasteiger partial charge in [-0.2, -0.15) is 0 Å². The van der Waals surface area contributed by atoms with Gasteiger partial charge >= 0.3 is 5.97 Å². The summed E-state index contributed by atoms with van der Waals surface area (Å²) >= 11 is 0. The lowest BCUT2D eigenvalue weighted by molar-refractivity contribution is -0.145. The van der Waals surface area contributed by atoms with Crippen molar-refractivity contribution in [3.63, 3.8) is 0 Å². The highest BCUT2D eigenvalue weighted by atomic mass is 16.5. The maximum Gasteiger partial charge on any atom is 0.320 e. The standard InChI is InChI=1S/C15H30N2O3/c1-7-10-17(11-13(18)20-9-3)12(4)14(19)16-15(5,6)8-2/h12H,7-11H2,1-6H3,(H,16,19). The van der Waals surface area contributed by atoms with Crippen molar-refractivity contribution < 1.29 is 14.3 Å². The van der Waals surface area contributed by atoms with Crippen molar-refractivity contribution in [2.45, 2.75) is 66.0 Å². The second-order valence-electron chi connectivity index (χ2n) is 5.68. The van der Waals surface area contributed by atoms with E-state index in [2.05, 4.69) is 5.32 Å². The van der Waals surface area contributed by atoms with E-state index in [1.165, 1.54) is 0 Å². The predicted octanol–water partition coefficient (Wildman–Crippen LogP) is 1.95. The highest BCUT2D eigenvalue weighted by Gasteiger charge is 2.27. The third-order valence-electron chi connectivity index (χ3n) is 3.42. The first-order valence-electron chi connectivity index (χ1n) is 7.49. The average molecular weight is 286 g/mol. The van der Waals surface area contributed by atoms with Crippen molar-refractivity contribution in [3.05, 3.63) is 0 Å². The normalized spacial score (nSPS) is 13.2. The second kappa shape index (κ2) is 8.95. The molecule has 0 bridgehead atoms. The third kappa shape index (κ3) is 6.89. The van der Waals surface area contributed by atoms with Gasteiger partial charge in [0.2, 0.25) is 5.91 Å². The second-order valence-corrected chi connectivity index (χ2v) is 5.68. The molecular weight excluding hydrogens is 256 g/mol. The molecule has 0 aliphatic rings. The summed E-state index contributed by atoms with van der Waals surface area (Å²) in [7, 11) is 0. The molecule has 0 fully saturated rings. The van der Waals surface area contributed by atoms with Crippen LogP contribution in [0.2, 0.25) is 0 Å². The Morgan fingerprint density at radius 2 is 1.85 bits per heavy atom. The van der Waals surface area contributed by atoms with Gasteiger partial charge in [0.1, 0.15) is 0 Å². The SMILES string of the molecule is CCCN(CC(=O)OCC)C(C)C(=O)NC(C)(C)CC. The molecule has 1 N–H and O–H groups in total. The van der Waals surface area contributed by atoms with Gasteiger partial charge in [-0.3, -0.25) is 14.5 Å². The molecule has 5 nitrogen and oxygen atoms in total. The summed E-state index contributed by atoms with van der Waals surface area (Å²) < 4.78 is 4.96. The molecule has 0 aliphatic heterocycles. The molecular formula is C15H30N2O3. The molecule has 0 heterocycles. The van der Waals surface area contributed by atoms with E-state index in [4.69, 9.17) is 4.74 Å². The zero-order valence-electron chi connectivity index (χ0n) is 13.8. The third-order valence-corrected chi connectivity index (χ3v) is 3.42. The Morgan fingerprint density at radius 1 is 1.25 bits per heavy atom. The Labute approximate surface area is 123 Å². The molecule has 0 aliphatic carbocycles. The number of amides is 1. The molecule has 0 aromatic carbocycles. The first kappa shape index (κ1) is 18.9. The summed E-state index contributed by atoms with van der Waals surface area (Å²) in [5, 5.41) is 3.02. The fourth-order valence-corrected chi connectivity index (χ4v) is 1.76. The molecule has 118 valence electrons. The molecule has 1 atom stereocenters. The summed E-state index contributed by atoms with van der Waals surface area (Å²) in [6, 6.07) is -0.342. The summed E-state index contributed by atoms with van der Waals surface area (Å²) in [6.45, 7) is 12.9. The van der Waals surface area contributed by atoms with Gasteiger partial charge in [-0.25, -0.2) is 0 Å². The van der Waals surface area contributed by atoms with Crippen LogP contribution in [-0.2, 0) is 14.3 Å². The number of rotatable bonds is 9. The van der Waals surface area contributed by atoms with Crippen molar-refractivity contribution >= 4 is 11.9 Å². The first-order valence-corrected chi connectivity index (χ1v) is 7.49. The minimum absolute atomic E-state index is 0.0467. The van der Waals surface area contributed by atoms with E-state index in [1.807, 2.05) is 39.5 Å². The number of esters is 1. The Balaban J connectivity index is 4.65. The molecule has 0 aromatic heterocycles. The molecule has 0 spiro atoms. The highest BCUT2D eigenvalue weighted by molar-refractivity contribution is 5.82. The number of carbonyl (C=O) groups is 2. The maximum atomic E-state index is 12.3. The van der Waals surface area contributed by atoms with Crippen molar-refractivity contribution in [2.24, 2.45) is 0 Å². The van der Waals surface area contributed by atoms with Crippen LogP contribution in [0.1, 0.15) is 54.4 Å². The van der Waals surface area contributed by atoms with Gasteiger partial charge < -0.3 is 10.1 Å². The molecule has 0 rings (SSSR count). The number of nitrogens with zero attached hydrogens (tertiary/aromatic N) is 1. The summed E-state index contributed by atoms with van der Waals surface area (Å²) in [4.78, 5) is 25.7. The van der Waals surface area contributed by atoms with Gasteiger partial charge in [-0.05, 0) is 47.1 Å². The van der Waals surface area contributed by atoms with E-state index in [0.717, 1.165) is 12.8 Å². The Kier molecular flexibility index (Phi) is 8.46. The van der Waals surface area contributed by atoms with Crippen LogP contribution in [0.4, 0.5) is 0 Å². The minimum atomic E-state index is -0.342. The number of hydrogen-bond acceptors (Lipinski definition) is 4. The Bertz CT molecular complexity index is 316. The fraction of sp³-hybridized carbons (Fsp3) is 0.867. The van der Waals surface area contributed by atoms with Crippen LogP contribution < -0.4 is 5.32 Å². The van der Waals surface area contributed by atoms with E-state index in [1.54, 1.807) is 6.92 Å². The lowest BCUT2D eigenvalue weighted by Crippen LogP contribution is -2.53. The summed E-state index contributed by atoms with van der Waals surface area (Å²) in [5.74, 6) is -0.329. The van der Waals surface area contributed by atoms with Crippen LogP contribution in [0.25, 0.3) is 0 Å². The number of carbonyl (C=O) groups excluding carboxylic acids is 2. The van der Waals surface area contributed by atoms with E-state index in [-0.39, 0.29) is 30.0 Å². The Hall–Kier alpha value is -1.10. The van der Waals surface area contributed by atoms with Gasteiger partial charge in [0.05, 0.1) is 19.2 Å². The van der Waals surface area contributed by atoms with Crippen LogP contribution in [0.5, 0.6) is 0 Å². The average Bonchev–Trinajstić information content (AvgIpc) is 2.37. The maximum absolute atomic E-state index is 12.3.